The van der Waals surface area contributed by atoms with Gasteiger partial charge in [-0.15, -0.1) is 5.10 Å². The van der Waals surface area contributed by atoms with Crippen molar-refractivity contribution in [2.24, 2.45) is 0 Å². The second-order valence-corrected chi connectivity index (χ2v) is 5.12. The molecule has 21 heavy (non-hydrogen) atoms. The molecule has 3 rings (SSSR count). The van der Waals surface area contributed by atoms with E-state index < -0.39 is 0 Å². The summed E-state index contributed by atoms with van der Waals surface area (Å²) in [6, 6.07) is 14.7. The highest BCUT2D eigenvalue weighted by atomic mass is 35.5. The lowest BCUT2D eigenvalue weighted by Gasteiger charge is -2.01. The maximum absolute atomic E-state index is 9.38. The molecule has 0 N–H and O–H groups in total. The Balaban J connectivity index is 2.11. The first-order chi connectivity index (χ1) is 10.2. The van der Waals surface area contributed by atoms with Crippen molar-refractivity contribution in [2.45, 2.75) is 0 Å². The molecule has 3 aromatic rings. The van der Waals surface area contributed by atoms with Crippen molar-refractivity contribution in [3.8, 4) is 6.07 Å². The van der Waals surface area contributed by atoms with Crippen LogP contribution >= 0.6 is 23.2 Å². The summed E-state index contributed by atoms with van der Waals surface area (Å²) in [4.78, 5) is 0. The van der Waals surface area contributed by atoms with Gasteiger partial charge in [0.2, 0.25) is 0 Å². The van der Waals surface area contributed by atoms with Gasteiger partial charge in [-0.3, -0.25) is 0 Å². The van der Waals surface area contributed by atoms with Crippen molar-refractivity contribution in [2.75, 3.05) is 0 Å². The van der Waals surface area contributed by atoms with E-state index in [9.17, 15) is 5.26 Å². The second-order valence-electron chi connectivity index (χ2n) is 4.30. The van der Waals surface area contributed by atoms with Crippen molar-refractivity contribution in [1.29, 1.82) is 5.26 Å². The van der Waals surface area contributed by atoms with Gasteiger partial charge in [0.25, 0.3) is 0 Å². The fraction of sp³-hybridized carbons (Fsp3) is 0. The van der Waals surface area contributed by atoms with Crippen LogP contribution < -0.4 is 0 Å². The van der Waals surface area contributed by atoms with Crippen molar-refractivity contribution in [3.05, 3.63) is 58.1 Å². The largest absolute Gasteiger partial charge is 0.202 e. The summed E-state index contributed by atoms with van der Waals surface area (Å²) in [6.45, 7) is 0. The Bertz CT molecular complexity index is 890. The van der Waals surface area contributed by atoms with Crippen LogP contribution in [0.15, 0.2) is 42.5 Å². The minimum atomic E-state index is 0.349. The normalized spacial score (nSPS) is 11.6. The predicted octanol–water partition coefficient (Wildman–Crippen LogP) is 4.26. The van der Waals surface area contributed by atoms with Crippen molar-refractivity contribution in [1.82, 2.24) is 15.0 Å². The van der Waals surface area contributed by atoms with Gasteiger partial charge >= 0.3 is 0 Å². The van der Waals surface area contributed by atoms with E-state index in [1.165, 1.54) is 4.68 Å². The fourth-order valence-corrected chi connectivity index (χ4v) is 2.25. The van der Waals surface area contributed by atoms with Gasteiger partial charge in [-0.1, -0.05) is 46.6 Å². The van der Waals surface area contributed by atoms with E-state index in [2.05, 4.69) is 16.4 Å². The summed E-state index contributed by atoms with van der Waals surface area (Å²) in [5, 5.41) is 18.3. The number of aromatic nitrogens is 3. The topological polar surface area (TPSA) is 54.5 Å². The Labute approximate surface area is 130 Å². The Morgan fingerprint density at radius 2 is 1.95 bits per heavy atom. The molecule has 0 radical (unpaired) electrons. The summed E-state index contributed by atoms with van der Waals surface area (Å²) in [5.74, 6) is 0. The maximum atomic E-state index is 9.38. The Morgan fingerprint density at radius 1 is 1.14 bits per heavy atom. The Kier molecular flexibility index (Phi) is 3.61. The zero-order chi connectivity index (χ0) is 14.8. The molecule has 0 saturated heterocycles. The molecular weight excluding hydrogens is 307 g/mol. The van der Waals surface area contributed by atoms with Crippen LogP contribution in [0.5, 0.6) is 0 Å². The molecular formula is C15H8Cl2N4. The van der Waals surface area contributed by atoms with Gasteiger partial charge in [0.15, 0.2) is 0 Å². The van der Waals surface area contributed by atoms with Crippen LogP contribution in [0.4, 0.5) is 0 Å². The monoisotopic (exact) mass is 314 g/mol. The first kappa shape index (κ1) is 13.6. The molecule has 102 valence electrons. The molecule has 0 aliphatic heterocycles. The van der Waals surface area contributed by atoms with Gasteiger partial charge in [0.05, 0.1) is 15.6 Å². The average molecular weight is 315 g/mol. The van der Waals surface area contributed by atoms with E-state index in [0.717, 1.165) is 16.6 Å². The number of halogens is 2. The van der Waals surface area contributed by atoms with E-state index in [0.29, 0.717) is 15.7 Å². The highest BCUT2D eigenvalue weighted by molar-refractivity contribution is 6.42. The lowest BCUT2D eigenvalue weighted by atomic mass is 10.2. The van der Waals surface area contributed by atoms with Crippen LogP contribution in [0.2, 0.25) is 10.0 Å². The van der Waals surface area contributed by atoms with Gasteiger partial charge in [0, 0.05) is 0 Å². The van der Waals surface area contributed by atoms with Gasteiger partial charge in [-0.05, 0) is 35.9 Å². The molecule has 1 heterocycles. The van der Waals surface area contributed by atoms with E-state index in [1.54, 1.807) is 24.3 Å². The van der Waals surface area contributed by atoms with E-state index >= 15 is 0 Å². The van der Waals surface area contributed by atoms with Crippen LogP contribution in [-0.4, -0.2) is 15.0 Å². The first-order valence-electron chi connectivity index (χ1n) is 6.07. The highest BCUT2D eigenvalue weighted by Crippen LogP contribution is 2.24. The summed E-state index contributed by atoms with van der Waals surface area (Å²) in [6.07, 6.45) is 1.68. The molecule has 0 unspecified atom stereocenters. The number of hydrogen-bond donors (Lipinski definition) is 0. The maximum Gasteiger partial charge on any atom is 0.145 e. The summed E-state index contributed by atoms with van der Waals surface area (Å²) < 4.78 is 1.50. The van der Waals surface area contributed by atoms with Gasteiger partial charge in [0.1, 0.15) is 17.3 Å². The Morgan fingerprint density at radius 3 is 2.71 bits per heavy atom. The summed E-state index contributed by atoms with van der Waals surface area (Å²) >= 11 is 11.9. The number of hydrogen-bond acceptors (Lipinski definition) is 3. The summed E-state index contributed by atoms with van der Waals surface area (Å²) in [7, 11) is 0. The summed E-state index contributed by atoms with van der Waals surface area (Å²) in [5.41, 5.74) is 2.61. The van der Waals surface area contributed by atoms with Crippen LogP contribution in [0.1, 0.15) is 5.56 Å². The SMILES string of the molecule is N#C/C(=C\c1ccc(Cl)c(Cl)c1)n1nnc2ccccc21. The molecule has 0 aliphatic carbocycles. The molecule has 1 aromatic heterocycles. The third kappa shape index (κ3) is 2.62. The van der Waals surface area contributed by atoms with Crippen LogP contribution in [0.25, 0.3) is 22.8 Å². The Hall–Kier alpha value is -2.35. The van der Waals surface area contributed by atoms with Crippen LogP contribution in [0.3, 0.4) is 0 Å². The van der Waals surface area contributed by atoms with E-state index in [4.69, 9.17) is 23.2 Å². The molecule has 0 fully saturated rings. The van der Waals surface area contributed by atoms with Crippen LogP contribution in [-0.2, 0) is 0 Å². The number of para-hydroxylation sites is 1. The third-order valence-electron chi connectivity index (χ3n) is 2.94. The smallest absolute Gasteiger partial charge is 0.145 e. The lowest BCUT2D eigenvalue weighted by molar-refractivity contribution is 0.848. The minimum absolute atomic E-state index is 0.349. The number of nitrogens with zero attached hydrogens (tertiary/aromatic N) is 4. The lowest BCUT2D eigenvalue weighted by Crippen LogP contribution is -1.97. The molecule has 0 atom stereocenters. The van der Waals surface area contributed by atoms with Crippen LogP contribution in [0, 0.1) is 11.3 Å². The van der Waals surface area contributed by atoms with Gasteiger partial charge < -0.3 is 0 Å². The highest BCUT2D eigenvalue weighted by Gasteiger charge is 2.08. The number of allylic oxidation sites excluding steroid dienone is 1. The zero-order valence-electron chi connectivity index (χ0n) is 10.7. The van der Waals surface area contributed by atoms with Crippen molar-refractivity contribution >= 4 is 46.0 Å². The number of benzene rings is 2. The molecule has 0 bridgehead atoms. The average Bonchev–Trinajstić information content (AvgIpc) is 2.92. The number of rotatable bonds is 2. The molecule has 4 nitrogen and oxygen atoms in total. The molecule has 6 heteroatoms. The number of nitriles is 1. The quantitative estimate of drug-likeness (QED) is 0.664. The van der Waals surface area contributed by atoms with E-state index in [1.807, 2.05) is 24.3 Å². The number of fused-ring (bicyclic) bond motifs is 1. The van der Waals surface area contributed by atoms with Crippen molar-refractivity contribution < 1.29 is 0 Å². The van der Waals surface area contributed by atoms with Crippen molar-refractivity contribution in [3.63, 3.8) is 0 Å². The van der Waals surface area contributed by atoms with Gasteiger partial charge in [-0.25, -0.2) is 4.68 Å². The minimum Gasteiger partial charge on any atom is -0.202 e. The first-order valence-corrected chi connectivity index (χ1v) is 6.82. The molecule has 0 spiro atoms. The van der Waals surface area contributed by atoms with Gasteiger partial charge in [-0.2, -0.15) is 5.26 Å². The second kappa shape index (κ2) is 5.57. The van der Waals surface area contributed by atoms with E-state index in [-0.39, 0.29) is 0 Å². The molecule has 0 saturated carbocycles. The third-order valence-corrected chi connectivity index (χ3v) is 3.68. The standard InChI is InChI=1S/C15H8Cl2N4/c16-12-6-5-10(8-13(12)17)7-11(9-18)21-15-4-2-1-3-14(15)19-20-21/h1-8H/b11-7+. The predicted molar refractivity (Wildman–Crippen MR) is 83.8 cm³/mol. The molecule has 0 amide bonds. The zero-order valence-corrected chi connectivity index (χ0v) is 12.2. The molecule has 2 aromatic carbocycles. The fourth-order valence-electron chi connectivity index (χ4n) is 1.95. The molecule has 0 aliphatic rings.